The summed E-state index contributed by atoms with van der Waals surface area (Å²) in [4.78, 5) is 0. The summed E-state index contributed by atoms with van der Waals surface area (Å²) >= 11 is 0. The van der Waals surface area contributed by atoms with Crippen LogP contribution >= 0.6 is 0 Å². The van der Waals surface area contributed by atoms with Gasteiger partial charge >= 0.3 is 0 Å². The fourth-order valence-electron chi connectivity index (χ4n) is 2.56. The topological polar surface area (TPSA) is 29.9 Å². The second-order valence-corrected chi connectivity index (χ2v) is 5.60. The van der Waals surface area contributed by atoms with Crippen LogP contribution in [0.15, 0.2) is 35.9 Å². The third kappa shape index (κ3) is 4.30. The van der Waals surface area contributed by atoms with E-state index in [4.69, 9.17) is 0 Å². The Balaban J connectivity index is 1.81. The largest absolute Gasteiger partial charge is 0.313 e. The van der Waals surface area contributed by atoms with Crippen molar-refractivity contribution in [2.45, 2.75) is 27.2 Å². The molecule has 0 aliphatic rings. The van der Waals surface area contributed by atoms with E-state index in [0.29, 0.717) is 0 Å². The maximum Gasteiger partial charge on any atom is 0.0628 e. The van der Waals surface area contributed by atoms with Crippen molar-refractivity contribution < 1.29 is 0 Å². The van der Waals surface area contributed by atoms with Crippen LogP contribution in [0.25, 0.3) is 6.08 Å². The third-order valence-corrected chi connectivity index (χ3v) is 3.83. The van der Waals surface area contributed by atoms with Gasteiger partial charge in [0.25, 0.3) is 0 Å². The molecule has 0 radical (unpaired) electrons. The highest BCUT2D eigenvalue weighted by atomic mass is 15.3. The third-order valence-electron chi connectivity index (χ3n) is 3.83. The molecule has 0 amide bonds. The van der Waals surface area contributed by atoms with E-state index in [9.17, 15) is 0 Å². The average molecular weight is 283 g/mol. The van der Waals surface area contributed by atoms with E-state index in [2.05, 4.69) is 61.5 Å². The van der Waals surface area contributed by atoms with Crippen LogP contribution < -0.4 is 5.32 Å². The number of hydrogen-bond donors (Lipinski definition) is 1. The standard InChI is InChI=1S/C18H25N3/c1-14(12-17-8-6-5-7-9-17)13-19-11-10-18-15(2)20-21(4)16(18)3/h5-9,12,19H,10-11,13H2,1-4H3/b14-12-. The van der Waals surface area contributed by atoms with Crippen molar-refractivity contribution in [3.63, 3.8) is 0 Å². The summed E-state index contributed by atoms with van der Waals surface area (Å²) in [5.74, 6) is 0. The van der Waals surface area contributed by atoms with Gasteiger partial charge in [-0.1, -0.05) is 42.0 Å². The number of nitrogens with one attached hydrogen (secondary N) is 1. The van der Waals surface area contributed by atoms with Gasteiger partial charge < -0.3 is 5.32 Å². The van der Waals surface area contributed by atoms with E-state index < -0.39 is 0 Å². The smallest absolute Gasteiger partial charge is 0.0628 e. The van der Waals surface area contributed by atoms with E-state index >= 15 is 0 Å². The Morgan fingerprint density at radius 2 is 1.95 bits per heavy atom. The average Bonchev–Trinajstić information content (AvgIpc) is 2.70. The summed E-state index contributed by atoms with van der Waals surface area (Å²) in [6.07, 6.45) is 3.26. The Kier molecular flexibility index (Phi) is 5.34. The number of hydrogen-bond acceptors (Lipinski definition) is 2. The zero-order valence-corrected chi connectivity index (χ0v) is 13.5. The van der Waals surface area contributed by atoms with Crippen LogP contribution in [-0.4, -0.2) is 22.9 Å². The van der Waals surface area contributed by atoms with Gasteiger partial charge in [-0.15, -0.1) is 0 Å². The monoisotopic (exact) mass is 283 g/mol. The van der Waals surface area contributed by atoms with E-state index in [1.165, 1.54) is 22.4 Å². The first kappa shape index (κ1) is 15.5. The first-order chi connectivity index (χ1) is 10.1. The fourth-order valence-corrected chi connectivity index (χ4v) is 2.56. The summed E-state index contributed by atoms with van der Waals surface area (Å²) in [7, 11) is 2.01. The maximum absolute atomic E-state index is 4.46. The maximum atomic E-state index is 4.46. The Bertz CT molecular complexity index is 609. The van der Waals surface area contributed by atoms with Crippen LogP contribution in [0, 0.1) is 13.8 Å². The molecule has 3 nitrogen and oxygen atoms in total. The molecule has 1 aromatic heterocycles. The molecule has 0 bridgehead atoms. The Morgan fingerprint density at radius 3 is 2.57 bits per heavy atom. The lowest BCUT2D eigenvalue weighted by Gasteiger charge is -2.06. The summed E-state index contributed by atoms with van der Waals surface area (Å²) in [5, 5.41) is 7.97. The second-order valence-electron chi connectivity index (χ2n) is 5.60. The molecule has 21 heavy (non-hydrogen) atoms. The molecule has 0 spiro atoms. The number of aryl methyl sites for hydroxylation is 2. The summed E-state index contributed by atoms with van der Waals surface area (Å²) < 4.78 is 1.96. The molecule has 0 aliphatic carbocycles. The van der Waals surface area contributed by atoms with Crippen molar-refractivity contribution in [2.24, 2.45) is 7.05 Å². The van der Waals surface area contributed by atoms with Gasteiger partial charge in [0.15, 0.2) is 0 Å². The molecule has 2 rings (SSSR count). The normalized spacial score (nSPS) is 11.9. The first-order valence-corrected chi connectivity index (χ1v) is 7.50. The van der Waals surface area contributed by atoms with Crippen molar-refractivity contribution in [3.05, 3.63) is 58.4 Å². The van der Waals surface area contributed by atoms with E-state index in [1.54, 1.807) is 0 Å². The molecule has 0 aliphatic heterocycles. The summed E-state index contributed by atoms with van der Waals surface area (Å²) in [5.41, 5.74) is 6.39. The van der Waals surface area contributed by atoms with Crippen molar-refractivity contribution in [2.75, 3.05) is 13.1 Å². The first-order valence-electron chi connectivity index (χ1n) is 7.50. The van der Waals surface area contributed by atoms with Crippen molar-refractivity contribution in [1.29, 1.82) is 0 Å². The second kappa shape index (κ2) is 7.23. The minimum atomic E-state index is 0.924. The van der Waals surface area contributed by atoms with E-state index in [-0.39, 0.29) is 0 Å². The highest BCUT2D eigenvalue weighted by Gasteiger charge is 2.08. The van der Waals surface area contributed by atoms with Crippen LogP contribution in [0.4, 0.5) is 0 Å². The van der Waals surface area contributed by atoms with Gasteiger partial charge in [-0.05, 0) is 44.9 Å². The Labute approximate surface area is 127 Å². The minimum absolute atomic E-state index is 0.924. The van der Waals surface area contributed by atoms with Gasteiger partial charge in [0.1, 0.15) is 0 Å². The number of rotatable bonds is 6. The van der Waals surface area contributed by atoms with Gasteiger partial charge in [0, 0.05) is 19.3 Å². The molecule has 2 aromatic rings. The van der Waals surface area contributed by atoms with Gasteiger partial charge in [0.05, 0.1) is 5.69 Å². The Morgan fingerprint density at radius 1 is 1.24 bits per heavy atom. The predicted octanol–water partition coefficient (Wildman–Crippen LogP) is 3.27. The SMILES string of the molecule is C/C(=C/c1ccccc1)CNCCc1c(C)nn(C)c1C. The van der Waals surface area contributed by atoms with Crippen molar-refractivity contribution >= 4 is 6.08 Å². The van der Waals surface area contributed by atoms with Crippen LogP contribution in [0.5, 0.6) is 0 Å². The van der Waals surface area contributed by atoms with Crippen molar-refractivity contribution in [3.8, 4) is 0 Å². The van der Waals surface area contributed by atoms with Gasteiger partial charge in [0.2, 0.25) is 0 Å². The Hall–Kier alpha value is -1.87. The zero-order chi connectivity index (χ0) is 15.2. The molecule has 0 unspecified atom stereocenters. The van der Waals surface area contributed by atoms with Gasteiger partial charge in [-0.2, -0.15) is 5.10 Å². The van der Waals surface area contributed by atoms with Gasteiger partial charge in [-0.25, -0.2) is 0 Å². The quantitative estimate of drug-likeness (QED) is 0.825. The van der Waals surface area contributed by atoms with E-state index in [0.717, 1.165) is 25.2 Å². The number of benzene rings is 1. The van der Waals surface area contributed by atoms with Crippen LogP contribution in [0.2, 0.25) is 0 Å². The van der Waals surface area contributed by atoms with Crippen LogP contribution in [0.3, 0.4) is 0 Å². The highest BCUT2D eigenvalue weighted by molar-refractivity contribution is 5.52. The molecule has 112 valence electrons. The lowest BCUT2D eigenvalue weighted by molar-refractivity contribution is 0.717. The van der Waals surface area contributed by atoms with Gasteiger partial charge in [-0.3, -0.25) is 4.68 Å². The lowest BCUT2D eigenvalue weighted by atomic mass is 10.1. The lowest BCUT2D eigenvalue weighted by Crippen LogP contribution is -2.19. The fraction of sp³-hybridized carbons (Fsp3) is 0.389. The molecule has 0 saturated heterocycles. The highest BCUT2D eigenvalue weighted by Crippen LogP contribution is 2.12. The zero-order valence-electron chi connectivity index (χ0n) is 13.5. The molecule has 1 heterocycles. The van der Waals surface area contributed by atoms with Crippen molar-refractivity contribution in [1.82, 2.24) is 15.1 Å². The summed E-state index contributed by atoms with van der Waals surface area (Å²) in [6, 6.07) is 10.4. The number of aromatic nitrogens is 2. The van der Waals surface area contributed by atoms with Crippen LogP contribution in [-0.2, 0) is 13.5 Å². The molecule has 1 aromatic carbocycles. The molecule has 0 saturated carbocycles. The summed E-state index contributed by atoms with van der Waals surface area (Å²) in [6.45, 7) is 8.29. The molecular formula is C18H25N3. The van der Waals surface area contributed by atoms with Crippen LogP contribution in [0.1, 0.15) is 29.4 Å². The molecular weight excluding hydrogens is 258 g/mol. The molecule has 0 fully saturated rings. The minimum Gasteiger partial charge on any atom is -0.313 e. The van der Waals surface area contributed by atoms with E-state index in [1.807, 2.05) is 17.8 Å². The molecule has 3 heteroatoms. The predicted molar refractivity (Wildman–Crippen MR) is 89.3 cm³/mol. The number of nitrogens with zero attached hydrogens (tertiary/aromatic N) is 2. The molecule has 1 N–H and O–H groups in total. The molecule has 0 atom stereocenters.